The van der Waals surface area contributed by atoms with Gasteiger partial charge in [0.05, 0.1) is 13.7 Å². The van der Waals surface area contributed by atoms with Gasteiger partial charge in [-0.25, -0.2) is 9.59 Å². The molecule has 1 N–H and O–H groups in total. The van der Waals surface area contributed by atoms with E-state index < -0.39 is 30.8 Å². The number of halogens is 3. The van der Waals surface area contributed by atoms with Gasteiger partial charge in [-0.1, -0.05) is 24.6 Å². The highest BCUT2D eigenvalue weighted by atomic mass is 19.4. The number of unbranched alkanes of at least 4 members (excludes halogenated alkanes) is 2. The van der Waals surface area contributed by atoms with Crippen molar-refractivity contribution in [1.29, 1.82) is 0 Å². The Labute approximate surface area is 220 Å². The van der Waals surface area contributed by atoms with Crippen LogP contribution in [0.5, 0.6) is 17.2 Å². The molecule has 0 aromatic heterocycles. The molecule has 0 heterocycles. The van der Waals surface area contributed by atoms with Crippen LogP contribution >= 0.6 is 0 Å². The first-order chi connectivity index (χ1) is 18.1. The standard InChI is InChI=1S/C27H34F3NO7/c1-3-36-24(25(32)33)18-20-10-12-21(13-11-20)37-17-16-31(15-6-4-5-14-27(28,29)30)26(34)38-23-9-7-8-22(19-23)35-2/h7-13,19,24H,3-6,14-18H2,1-2H3,(H,32,33). The van der Waals surface area contributed by atoms with Crippen LogP contribution in [0.25, 0.3) is 0 Å². The van der Waals surface area contributed by atoms with E-state index in [-0.39, 0.29) is 44.9 Å². The minimum atomic E-state index is -4.20. The summed E-state index contributed by atoms with van der Waals surface area (Å²) < 4.78 is 58.8. The number of benzene rings is 2. The highest BCUT2D eigenvalue weighted by Gasteiger charge is 2.26. The smallest absolute Gasteiger partial charge is 0.415 e. The number of amides is 1. The largest absolute Gasteiger partial charge is 0.497 e. The Balaban J connectivity index is 1.93. The molecule has 0 aliphatic heterocycles. The number of carboxylic acid groups (broad SMARTS) is 1. The average molecular weight is 542 g/mol. The molecule has 8 nitrogen and oxygen atoms in total. The number of alkyl halides is 3. The molecule has 2 aromatic carbocycles. The van der Waals surface area contributed by atoms with E-state index >= 15 is 0 Å². The topological polar surface area (TPSA) is 94.5 Å². The number of rotatable bonds is 16. The van der Waals surface area contributed by atoms with Crippen molar-refractivity contribution in [2.75, 3.05) is 33.4 Å². The van der Waals surface area contributed by atoms with Crippen LogP contribution in [0, 0.1) is 0 Å². The molecule has 38 heavy (non-hydrogen) atoms. The number of ether oxygens (including phenoxy) is 4. The van der Waals surface area contributed by atoms with Gasteiger partial charge < -0.3 is 29.0 Å². The monoisotopic (exact) mass is 541 g/mol. The summed E-state index contributed by atoms with van der Waals surface area (Å²) in [5, 5.41) is 9.23. The van der Waals surface area contributed by atoms with E-state index in [0.717, 1.165) is 5.56 Å². The van der Waals surface area contributed by atoms with Crippen LogP contribution in [0.1, 0.15) is 38.2 Å². The molecule has 0 saturated heterocycles. The number of carbonyl (C=O) groups is 2. The molecular weight excluding hydrogens is 507 g/mol. The lowest BCUT2D eigenvalue weighted by molar-refractivity contribution is -0.150. The van der Waals surface area contributed by atoms with Crippen LogP contribution in [0.4, 0.5) is 18.0 Å². The van der Waals surface area contributed by atoms with Gasteiger partial charge in [0.2, 0.25) is 0 Å². The maximum atomic E-state index is 12.8. The first kappa shape index (κ1) is 30.8. The van der Waals surface area contributed by atoms with Gasteiger partial charge in [0.1, 0.15) is 23.9 Å². The number of carboxylic acids is 1. The van der Waals surface area contributed by atoms with Crippen LogP contribution in [0.3, 0.4) is 0 Å². The fourth-order valence-corrected chi connectivity index (χ4v) is 3.56. The Morgan fingerprint density at radius 1 is 0.974 bits per heavy atom. The maximum Gasteiger partial charge on any atom is 0.415 e. The second kappa shape index (κ2) is 15.7. The quantitative estimate of drug-likeness (QED) is 0.271. The molecule has 0 bridgehead atoms. The number of hydrogen-bond acceptors (Lipinski definition) is 6. The number of aliphatic carboxylic acids is 1. The Kier molecular flexibility index (Phi) is 12.7. The summed E-state index contributed by atoms with van der Waals surface area (Å²) in [6.45, 7) is 2.49. The van der Waals surface area contributed by atoms with E-state index in [1.807, 2.05) is 0 Å². The van der Waals surface area contributed by atoms with Crippen LogP contribution in [-0.4, -0.2) is 67.8 Å². The predicted molar refractivity (Wildman–Crippen MR) is 134 cm³/mol. The van der Waals surface area contributed by atoms with Gasteiger partial charge in [-0.05, 0) is 49.6 Å². The third-order valence-electron chi connectivity index (χ3n) is 5.51. The zero-order valence-corrected chi connectivity index (χ0v) is 21.5. The summed E-state index contributed by atoms with van der Waals surface area (Å²) >= 11 is 0. The lowest BCUT2D eigenvalue weighted by Gasteiger charge is -2.22. The molecule has 11 heteroatoms. The molecule has 1 amide bonds. The van der Waals surface area contributed by atoms with Crippen molar-refractivity contribution in [3.05, 3.63) is 54.1 Å². The van der Waals surface area contributed by atoms with Crippen molar-refractivity contribution < 1.29 is 46.8 Å². The van der Waals surface area contributed by atoms with Gasteiger partial charge >= 0.3 is 18.2 Å². The molecule has 0 saturated carbocycles. The molecule has 210 valence electrons. The SMILES string of the molecule is CCOC(Cc1ccc(OCCN(CCCCCC(F)(F)F)C(=O)Oc2cccc(OC)c2)cc1)C(=O)O. The van der Waals surface area contributed by atoms with Crippen LogP contribution in [-0.2, 0) is 16.0 Å². The molecular formula is C27H34F3NO7. The molecule has 1 unspecified atom stereocenters. The number of nitrogens with zero attached hydrogens (tertiary/aromatic N) is 1. The van der Waals surface area contributed by atoms with E-state index in [1.165, 1.54) is 12.0 Å². The van der Waals surface area contributed by atoms with Crippen molar-refractivity contribution in [2.24, 2.45) is 0 Å². The van der Waals surface area contributed by atoms with Crippen molar-refractivity contribution in [2.45, 2.75) is 51.3 Å². The van der Waals surface area contributed by atoms with E-state index in [4.69, 9.17) is 18.9 Å². The van der Waals surface area contributed by atoms with Crippen molar-refractivity contribution in [1.82, 2.24) is 4.90 Å². The van der Waals surface area contributed by atoms with Crippen molar-refractivity contribution >= 4 is 12.1 Å². The van der Waals surface area contributed by atoms with E-state index in [9.17, 15) is 27.9 Å². The summed E-state index contributed by atoms with van der Waals surface area (Å²) in [6.07, 6.45) is -5.77. The van der Waals surface area contributed by atoms with Crippen molar-refractivity contribution in [3.8, 4) is 17.2 Å². The van der Waals surface area contributed by atoms with Gasteiger partial charge in [-0.3, -0.25) is 0 Å². The normalized spacial score (nSPS) is 12.0. The highest BCUT2D eigenvalue weighted by molar-refractivity contribution is 5.72. The molecule has 0 fully saturated rings. The van der Waals surface area contributed by atoms with Gasteiger partial charge in [-0.15, -0.1) is 0 Å². The van der Waals surface area contributed by atoms with E-state index in [2.05, 4.69) is 0 Å². The fourth-order valence-electron chi connectivity index (χ4n) is 3.56. The number of hydrogen-bond donors (Lipinski definition) is 1. The second-order valence-electron chi connectivity index (χ2n) is 8.44. The molecule has 1 atom stereocenters. The van der Waals surface area contributed by atoms with E-state index in [0.29, 0.717) is 24.3 Å². The Morgan fingerprint density at radius 2 is 1.68 bits per heavy atom. The highest BCUT2D eigenvalue weighted by Crippen LogP contribution is 2.23. The molecule has 0 aliphatic carbocycles. The summed E-state index contributed by atoms with van der Waals surface area (Å²) in [7, 11) is 1.49. The summed E-state index contributed by atoms with van der Waals surface area (Å²) in [5.74, 6) is 0.270. The number of methoxy groups -OCH3 is 1. The van der Waals surface area contributed by atoms with Crippen LogP contribution < -0.4 is 14.2 Å². The van der Waals surface area contributed by atoms with E-state index in [1.54, 1.807) is 55.5 Å². The second-order valence-corrected chi connectivity index (χ2v) is 8.44. The van der Waals surface area contributed by atoms with Gasteiger partial charge in [0.25, 0.3) is 0 Å². The first-order valence-electron chi connectivity index (χ1n) is 12.3. The first-order valence-corrected chi connectivity index (χ1v) is 12.3. The number of carbonyl (C=O) groups excluding carboxylic acids is 1. The predicted octanol–water partition coefficient (Wildman–Crippen LogP) is 5.73. The molecule has 0 aliphatic rings. The minimum absolute atomic E-state index is 0.0167. The summed E-state index contributed by atoms with van der Waals surface area (Å²) in [4.78, 5) is 25.5. The Bertz CT molecular complexity index is 999. The summed E-state index contributed by atoms with van der Waals surface area (Å²) in [6, 6.07) is 13.4. The maximum absolute atomic E-state index is 12.8. The minimum Gasteiger partial charge on any atom is -0.497 e. The van der Waals surface area contributed by atoms with Gasteiger partial charge in [-0.2, -0.15) is 13.2 Å². The van der Waals surface area contributed by atoms with Crippen molar-refractivity contribution in [3.63, 3.8) is 0 Å². The van der Waals surface area contributed by atoms with Gasteiger partial charge in [0, 0.05) is 32.1 Å². The fraction of sp³-hybridized carbons (Fsp3) is 0.481. The van der Waals surface area contributed by atoms with Crippen LogP contribution in [0.15, 0.2) is 48.5 Å². The average Bonchev–Trinajstić information content (AvgIpc) is 2.87. The zero-order chi connectivity index (χ0) is 28.0. The summed E-state index contributed by atoms with van der Waals surface area (Å²) in [5.41, 5.74) is 0.764. The lowest BCUT2D eigenvalue weighted by atomic mass is 10.1. The lowest BCUT2D eigenvalue weighted by Crippen LogP contribution is -2.37. The zero-order valence-electron chi connectivity index (χ0n) is 21.5. The molecule has 2 aromatic rings. The molecule has 2 rings (SSSR count). The Hall–Kier alpha value is -3.47. The van der Waals surface area contributed by atoms with Crippen LogP contribution in [0.2, 0.25) is 0 Å². The third kappa shape index (κ3) is 11.7. The molecule has 0 radical (unpaired) electrons. The third-order valence-corrected chi connectivity index (χ3v) is 5.51. The Morgan fingerprint density at radius 3 is 2.32 bits per heavy atom. The molecule has 0 spiro atoms. The van der Waals surface area contributed by atoms with Gasteiger partial charge in [0.15, 0.2) is 6.10 Å².